The number of aromatic nitrogens is 2. The molecule has 1 aliphatic carbocycles. The fraction of sp³-hybridized carbons (Fsp3) is 0.556. The molecule has 0 spiro atoms. The van der Waals surface area contributed by atoms with Crippen molar-refractivity contribution in [2.45, 2.75) is 58.5 Å². The lowest BCUT2D eigenvalue weighted by Gasteiger charge is -2.20. The van der Waals surface area contributed by atoms with Gasteiger partial charge in [-0.3, -0.25) is 9.48 Å². The normalized spacial score (nSPS) is 16.3. The quantitative estimate of drug-likeness (QED) is 0.933. The van der Waals surface area contributed by atoms with Crippen LogP contribution < -0.4 is 5.32 Å². The molecule has 4 heteroatoms. The molecule has 1 aromatic heterocycles. The molecule has 1 amide bonds. The van der Waals surface area contributed by atoms with Gasteiger partial charge in [0.1, 0.15) is 0 Å². The van der Waals surface area contributed by atoms with E-state index in [9.17, 15) is 4.79 Å². The van der Waals surface area contributed by atoms with Gasteiger partial charge in [-0.2, -0.15) is 5.10 Å². The van der Waals surface area contributed by atoms with E-state index in [0.29, 0.717) is 12.6 Å². The van der Waals surface area contributed by atoms with Gasteiger partial charge in [0.05, 0.1) is 17.8 Å². The van der Waals surface area contributed by atoms with Crippen molar-refractivity contribution in [2.75, 3.05) is 0 Å². The van der Waals surface area contributed by atoms with Crippen molar-refractivity contribution < 1.29 is 4.79 Å². The summed E-state index contributed by atoms with van der Waals surface area (Å²) in [5.41, 5.74) is 2.10. The zero-order chi connectivity index (χ0) is 15.5. The molecular weight excluding hydrogens is 274 g/mol. The van der Waals surface area contributed by atoms with Crippen LogP contribution in [0.5, 0.6) is 0 Å². The highest BCUT2D eigenvalue weighted by Gasteiger charge is 2.21. The van der Waals surface area contributed by atoms with Crippen LogP contribution in [0.4, 0.5) is 0 Å². The first kappa shape index (κ1) is 15.1. The molecule has 0 bridgehead atoms. The Labute approximate surface area is 131 Å². The molecule has 1 aliphatic rings. The van der Waals surface area contributed by atoms with E-state index in [1.54, 1.807) is 0 Å². The summed E-state index contributed by atoms with van der Waals surface area (Å²) in [7, 11) is 0. The molecule has 0 radical (unpaired) electrons. The highest BCUT2D eigenvalue weighted by molar-refractivity contribution is 5.83. The topological polar surface area (TPSA) is 46.9 Å². The Balaban J connectivity index is 1.75. The van der Waals surface area contributed by atoms with Gasteiger partial charge >= 0.3 is 0 Å². The fourth-order valence-electron chi connectivity index (χ4n) is 3.36. The fourth-order valence-corrected chi connectivity index (χ4v) is 3.36. The van der Waals surface area contributed by atoms with E-state index in [1.807, 2.05) is 16.8 Å². The van der Waals surface area contributed by atoms with Crippen LogP contribution >= 0.6 is 0 Å². The average molecular weight is 299 g/mol. The number of amides is 1. The molecule has 1 aromatic carbocycles. The molecule has 0 unspecified atom stereocenters. The number of para-hydroxylation sites is 1. The second-order valence-electron chi connectivity index (χ2n) is 6.55. The van der Waals surface area contributed by atoms with E-state index in [2.05, 4.69) is 31.3 Å². The SMILES string of the molecule is CC(C)n1nc(CNC(=O)C2CCCCC2)c2ccccc21. The lowest BCUT2D eigenvalue weighted by Crippen LogP contribution is -2.31. The first-order chi connectivity index (χ1) is 10.7. The summed E-state index contributed by atoms with van der Waals surface area (Å²) >= 11 is 0. The van der Waals surface area contributed by atoms with Crippen molar-refractivity contribution in [1.82, 2.24) is 15.1 Å². The van der Waals surface area contributed by atoms with Crippen LogP contribution in [0, 0.1) is 5.92 Å². The predicted octanol–water partition coefficient (Wildman–Crippen LogP) is 3.81. The lowest BCUT2D eigenvalue weighted by atomic mass is 9.89. The van der Waals surface area contributed by atoms with Crippen molar-refractivity contribution in [2.24, 2.45) is 5.92 Å². The Morgan fingerprint density at radius 1 is 1.27 bits per heavy atom. The first-order valence-corrected chi connectivity index (χ1v) is 8.40. The van der Waals surface area contributed by atoms with Gasteiger partial charge in [-0.1, -0.05) is 37.5 Å². The Hall–Kier alpha value is -1.84. The molecule has 0 atom stereocenters. The van der Waals surface area contributed by atoms with Crippen molar-refractivity contribution in [3.05, 3.63) is 30.0 Å². The number of carbonyl (C=O) groups excluding carboxylic acids is 1. The largest absolute Gasteiger partial charge is 0.350 e. The monoisotopic (exact) mass is 299 g/mol. The van der Waals surface area contributed by atoms with Gasteiger partial charge in [0.25, 0.3) is 0 Å². The highest BCUT2D eigenvalue weighted by atomic mass is 16.1. The maximum absolute atomic E-state index is 12.3. The van der Waals surface area contributed by atoms with Crippen molar-refractivity contribution in [1.29, 1.82) is 0 Å². The number of nitrogens with zero attached hydrogens (tertiary/aromatic N) is 2. The molecule has 3 rings (SSSR count). The zero-order valence-corrected chi connectivity index (χ0v) is 13.5. The van der Waals surface area contributed by atoms with Gasteiger partial charge in [0, 0.05) is 17.3 Å². The molecule has 0 saturated heterocycles. The average Bonchev–Trinajstić information content (AvgIpc) is 2.92. The first-order valence-electron chi connectivity index (χ1n) is 8.40. The number of carbonyl (C=O) groups is 1. The minimum absolute atomic E-state index is 0.197. The van der Waals surface area contributed by atoms with E-state index in [0.717, 1.165) is 29.4 Å². The third kappa shape index (κ3) is 3.01. The van der Waals surface area contributed by atoms with Crippen LogP contribution in [0.2, 0.25) is 0 Å². The Bertz CT molecular complexity index is 653. The van der Waals surface area contributed by atoms with E-state index < -0.39 is 0 Å². The zero-order valence-electron chi connectivity index (χ0n) is 13.5. The van der Waals surface area contributed by atoms with Gasteiger partial charge in [-0.25, -0.2) is 0 Å². The van der Waals surface area contributed by atoms with Crippen LogP contribution in [0.1, 0.15) is 57.7 Å². The van der Waals surface area contributed by atoms with E-state index >= 15 is 0 Å². The molecule has 22 heavy (non-hydrogen) atoms. The minimum atomic E-state index is 0.197. The lowest BCUT2D eigenvalue weighted by molar-refractivity contribution is -0.126. The molecule has 2 aromatic rings. The maximum atomic E-state index is 12.3. The summed E-state index contributed by atoms with van der Waals surface area (Å²) < 4.78 is 2.04. The Kier molecular flexibility index (Phi) is 4.46. The number of nitrogens with one attached hydrogen (secondary N) is 1. The van der Waals surface area contributed by atoms with Crippen LogP contribution in [0.3, 0.4) is 0 Å². The number of benzene rings is 1. The van der Waals surface area contributed by atoms with Gasteiger partial charge in [0.2, 0.25) is 5.91 Å². The molecule has 0 aliphatic heterocycles. The second kappa shape index (κ2) is 6.51. The summed E-state index contributed by atoms with van der Waals surface area (Å²) in [5.74, 6) is 0.398. The van der Waals surface area contributed by atoms with Gasteiger partial charge in [0.15, 0.2) is 0 Å². The predicted molar refractivity (Wildman–Crippen MR) is 88.5 cm³/mol. The second-order valence-corrected chi connectivity index (χ2v) is 6.55. The standard InChI is InChI=1S/C18H25N3O/c1-13(2)21-17-11-7-6-10-15(17)16(20-21)12-19-18(22)14-8-4-3-5-9-14/h6-7,10-11,13-14H,3-5,8-9,12H2,1-2H3,(H,19,22). The van der Waals surface area contributed by atoms with E-state index in [1.165, 1.54) is 19.3 Å². The van der Waals surface area contributed by atoms with Crippen molar-refractivity contribution >= 4 is 16.8 Å². The smallest absolute Gasteiger partial charge is 0.223 e. The van der Waals surface area contributed by atoms with Crippen molar-refractivity contribution in [3.63, 3.8) is 0 Å². The van der Waals surface area contributed by atoms with E-state index in [4.69, 9.17) is 5.10 Å². The third-order valence-corrected chi connectivity index (χ3v) is 4.59. The van der Waals surface area contributed by atoms with Crippen LogP contribution in [0.25, 0.3) is 10.9 Å². The van der Waals surface area contributed by atoms with Crippen LogP contribution in [0.15, 0.2) is 24.3 Å². The number of rotatable bonds is 4. The molecule has 1 fully saturated rings. The molecule has 1 saturated carbocycles. The van der Waals surface area contributed by atoms with Crippen LogP contribution in [-0.4, -0.2) is 15.7 Å². The van der Waals surface area contributed by atoms with Crippen molar-refractivity contribution in [3.8, 4) is 0 Å². The van der Waals surface area contributed by atoms with E-state index in [-0.39, 0.29) is 11.8 Å². The van der Waals surface area contributed by atoms with Gasteiger partial charge in [-0.05, 0) is 32.8 Å². The summed E-state index contributed by atoms with van der Waals surface area (Å²) in [5, 5.41) is 8.95. The molecule has 1 heterocycles. The summed E-state index contributed by atoms with van der Waals surface area (Å²) in [6.45, 7) is 4.78. The maximum Gasteiger partial charge on any atom is 0.223 e. The molecule has 4 nitrogen and oxygen atoms in total. The number of fused-ring (bicyclic) bond motifs is 1. The number of hydrogen-bond donors (Lipinski definition) is 1. The summed E-state index contributed by atoms with van der Waals surface area (Å²) in [4.78, 5) is 12.3. The molecule has 1 N–H and O–H groups in total. The Morgan fingerprint density at radius 3 is 2.73 bits per heavy atom. The minimum Gasteiger partial charge on any atom is -0.350 e. The van der Waals surface area contributed by atoms with Gasteiger partial charge < -0.3 is 5.32 Å². The molecule has 118 valence electrons. The van der Waals surface area contributed by atoms with Crippen LogP contribution in [-0.2, 0) is 11.3 Å². The highest BCUT2D eigenvalue weighted by Crippen LogP contribution is 2.24. The molecular formula is C18H25N3O. The summed E-state index contributed by atoms with van der Waals surface area (Å²) in [6, 6.07) is 8.56. The summed E-state index contributed by atoms with van der Waals surface area (Å²) in [6.07, 6.45) is 5.71. The number of hydrogen-bond acceptors (Lipinski definition) is 2. The Morgan fingerprint density at radius 2 is 2.00 bits per heavy atom. The van der Waals surface area contributed by atoms with Gasteiger partial charge in [-0.15, -0.1) is 0 Å². The third-order valence-electron chi connectivity index (χ3n) is 4.59.